The summed E-state index contributed by atoms with van der Waals surface area (Å²) in [4.78, 5) is 0. The van der Waals surface area contributed by atoms with Crippen molar-refractivity contribution in [1.29, 1.82) is 0 Å². The van der Waals surface area contributed by atoms with Crippen molar-refractivity contribution in [3.05, 3.63) is 0 Å². The molecule has 0 aromatic heterocycles. The molecule has 0 spiro atoms. The SMILES string of the molecule is FC(F)(F)[Se].FC(F)(F)[Se].[Hg]. The van der Waals surface area contributed by atoms with Gasteiger partial charge in [0.05, 0.1) is 0 Å². The molecule has 0 amide bonds. The molecule has 0 saturated carbocycles. The third-order valence-electron chi connectivity index (χ3n) is 0. The Morgan fingerprint density at radius 1 is 0.636 bits per heavy atom. The molecular weight excluding hydrogens is 497 g/mol. The van der Waals surface area contributed by atoms with Gasteiger partial charge in [0.25, 0.3) is 0 Å². The van der Waals surface area contributed by atoms with Gasteiger partial charge in [0, 0.05) is 27.7 Å². The van der Waals surface area contributed by atoms with Crippen LogP contribution in [0.4, 0.5) is 26.3 Å². The van der Waals surface area contributed by atoms with Crippen molar-refractivity contribution in [1.82, 2.24) is 0 Å². The van der Waals surface area contributed by atoms with Gasteiger partial charge in [-0.05, 0) is 0 Å². The molecule has 0 aromatic rings. The molecule has 0 fully saturated rings. The molecule has 0 aliphatic carbocycles. The molecule has 0 aliphatic heterocycles. The number of alkyl halides is 6. The van der Waals surface area contributed by atoms with Crippen LogP contribution in [-0.4, -0.2) is 42.2 Å². The van der Waals surface area contributed by atoms with Crippen LogP contribution in [0.2, 0.25) is 0 Å². The summed E-state index contributed by atoms with van der Waals surface area (Å²) in [7, 11) is 0. The molecule has 0 heterocycles. The van der Waals surface area contributed by atoms with Crippen molar-refractivity contribution in [3.63, 3.8) is 0 Å². The minimum Gasteiger partial charge on any atom is 0 e. The van der Waals surface area contributed by atoms with Crippen molar-refractivity contribution in [2.75, 3.05) is 0 Å². The molecule has 0 bridgehead atoms. The Balaban J connectivity index is -0.000000107. The molecule has 0 nitrogen and oxygen atoms in total. The van der Waals surface area contributed by atoms with Crippen LogP contribution in [0.25, 0.3) is 0 Å². The zero-order valence-corrected chi connectivity index (χ0v) is 13.7. The minimum absolute atomic E-state index is 0. The van der Waals surface area contributed by atoms with E-state index in [0.717, 1.165) is 32.0 Å². The molecule has 64 valence electrons. The van der Waals surface area contributed by atoms with Gasteiger partial charge in [-0.25, -0.2) is 0 Å². The Morgan fingerprint density at radius 3 is 0.636 bits per heavy atom. The Labute approximate surface area is 95.6 Å². The Hall–Kier alpha value is 1.55. The first-order chi connectivity index (χ1) is 4.00. The van der Waals surface area contributed by atoms with Gasteiger partial charge in [-0.15, -0.1) is 0 Å². The summed E-state index contributed by atoms with van der Waals surface area (Å²) in [6.07, 6.45) is 0. The first-order valence-electron chi connectivity index (χ1n) is 1.54. The van der Waals surface area contributed by atoms with Gasteiger partial charge in [-0.1, -0.05) is 0 Å². The van der Waals surface area contributed by atoms with Crippen LogP contribution in [0.5, 0.6) is 0 Å². The quantitative estimate of drug-likeness (QED) is 0.351. The Kier molecular flexibility index (Phi) is 11.7. The van der Waals surface area contributed by atoms with Crippen molar-refractivity contribution in [2.45, 2.75) is 10.1 Å². The minimum atomic E-state index is -4.12. The monoisotopic (exact) mass is 500 g/mol. The van der Waals surface area contributed by atoms with E-state index in [4.69, 9.17) is 0 Å². The van der Waals surface area contributed by atoms with E-state index >= 15 is 0 Å². The summed E-state index contributed by atoms with van der Waals surface area (Å²) < 4.78 is 61.8. The standard InChI is InChI=1S/2CF3Se.Hg/c2*2-1(3,4)5;. The number of halogens is 6. The number of hydrogen-bond donors (Lipinski definition) is 0. The molecule has 0 aromatic carbocycles. The second-order valence-electron chi connectivity index (χ2n) is 0.891. The number of hydrogen-bond acceptors (Lipinski definition) is 0. The van der Waals surface area contributed by atoms with Crippen LogP contribution in [-0.2, 0) is 27.7 Å². The van der Waals surface area contributed by atoms with Crippen LogP contribution < -0.4 is 0 Å². The Bertz CT molecular complexity index is 61.6. The van der Waals surface area contributed by atoms with Gasteiger partial charge < -0.3 is 0 Å². The second kappa shape index (κ2) is 7.01. The predicted octanol–water partition coefficient (Wildman–Crippen LogP) is 1.35. The first kappa shape index (κ1) is 18.4. The zero-order valence-electron chi connectivity index (χ0n) is 4.79. The topological polar surface area (TPSA) is 0 Å². The van der Waals surface area contributed by atoms with Crippen molar-refractivity contribution in [2.24, 2.45) is 0 Å². The molecular formula is C2F6HgSe2. The van der Waals surface area contributed by atoms with Crippen molar-refractivity contribution >= 4 is 32.0 Å². The first-order valence-corrected chi connectivity index (χ1v) is 3.26. The van der Waals surface area contributed by atoms with Crippen LogP contribution in [0, 0.1) is 0 Å². The van der Waals surface area contributed by atoms with Crippen LogP contribution in [0.3, 0.4) is 0 Å². The molecule has 2 radical (unpaired) electrons. The van der Waals surface area contributed by atoms with E-state index in [0.29, 0.717) is 0 Å². The van der Waals surface area contributed by atoms with Gasteiger partial charge in [0.15, 0.2) is 0 Å². The fourth-order valence-electron chi connectivity index (χ4n) is 0. The van der Waals surface area contributed by atoms with E-state index in [2.05, 4.69) is 0 Å². The van der Waals surface area contributed by atoms with Gasteiger partial charge in [-0.3, -0.25) is 0 Å². The molecule has 0 aliphatic rings. The van der Waals surface area contributed by atoms with E-state index in [1.807, 2.05) is 0 Å². The van der Waals surface area contributed by atoms with E-state index < -0.39 is 10.1 Å². The largest absolute Gasteiger partial charge is 0 e. The molecule has 0 saturated heterocycles. The summed E-state index contributed by atoms with van der Waals surface area (Å²) in [5.41, 5.74) is 0. The van der Waals surface area contributed by atoms with E-state index in [-0.39, 0.29) is 27.7 Å². The average molecular weight is 497 g/mol. The molecule has 9 heteroatoms. The molecule has 11 heavy (non-hydrogen) atoms. The molecule has 0 unspecified atom stereocenters. The van der Waals surface area contributed by atoms with Gasteiger partial charge in [0.2, 0.25) is 0 Å². The third kappa shape index (κ3) is 437. The fraction of sp³-hybridized carbons (Fsp3) is 1.00. The van der Waals surface area contributed by atoms with Gasteiger partial charge in [-0.2, -0.15) is 0 Å². The maximum Gasteiger partial charge on any atom is 0 e. The predicted molar refractivity (Wildman–Crippen MR) is 23.6 cm³/mol. The summed E-state index contributed by atoms with van der Waals surface area (Å²) in [5.74, 6) is 0. The van der Waals surface area contributed by atoms with Crippen molar-refractivity contribution < 1.29 is 54.0 Å². The molecule has 0 atom stereocenters. The third-order valence-corrected chi connectivity index (χ3v) is 0. The van der Waals surface area contributed by atoms with Gasteiger partial charge in [0.1, 0.15) is 0 Å². The number of rotatable bonds is 0. The smallest absolute Gasteiger partial charge is 0 e. The summed E-state index contributed by atoms with van der Waals surface area (Å²) in [5, 5.41) is -8.25. The normalized spacial score (nSPS) is 10.9. The Morgan fingerprint density at radius 2 is 0.636 bits per heavy atom. The summed E-state index contributed by atoms with van der Waals surface area (Å²) in [6, 6.07) is 0. The maximum absolute atomic E-state index is 10.3. The summed E-state index contributed by atoms with van der Waals surface area (Å²) in [6.45, 7) is 0. The molecule has 0 N–H and O–H groups in total. The second-order valence-corrected chi connectivity index (χ2v) is 2.83. The van der Waals surface area contributed by atoms with E-state index in [1.54, 1.807) is 0 Å². The van der Waals surface area contributed by atoms with Crippen LogP contribution in [0.15, 0.2) is 0 Å². The van der Waals surface area contributed by atoms with Crippen LogP contribution in [0.1, 0.15) is 0 Å². The summed E-state index contributed by atoms with van der Waals surface area (Å²) >= 11 is 1.96. The maximum atomic E-state index is 10.3. The molecule has 0 rings (SSSR count). The zero-order chi connectivity index (χ0) is 9.00. The average Bonchev–Trinajstić information content (AvgIpc) is 1.12. The van der Waals surface area contributed by atoms with Crippen LogP contribution >= 0.6 is 0 Å². The van der Waals surface area contributed by atoms with E-state index in [1.165, 1.54) is 0 Å². The van der Waals surface area contributed by atoms with Crippen molar-refractivity contribution in [3.8, 4) is 0 Å². The van der Waals surface area contributed by atoms with Gasteiger partial charge >= 0.3 is 68.5 Å². The van der Waals surface area contributed by atoms with E-state index in [9.17, 15) is 26.3 Å². The fourth-order valence-corrected chi connectivity index (χ4v) is 0.